The van der Waals surface area contributed by atoms with E-state index in [-0.39, 0.29) is 32.6 Å². The maximum absolute atomic E-state index is 11.3. The summed E-state index contributed by atoms with van der Waals surface area (Å²) in [6, 6.07) is 0. The van der Waals surface area contributed by atoms with Crippen molar-refractivity contribution in [2.45, 2.75) is 73.6 Å². The number of amides is 2. The van der Waals surface area contributed by atoms with E-state index in [0.717, 1.165) is 12.8 Å². The van der Waals surface area contributed by atoms with Gasteiger partial charge >= 0.3 is 11.9 Å². The normalized spacial score (nSPS) is 14.7. The van der Waals surface area contributed by atoms with E-state index in [2.05, 4.69) is 12.4 Å². The summed E-state index contributed by atoms with van der Waals surface area (Å²) in [7, 11) is 0. The Morgan fingerprint density at radius 2 is 1.46 bits per heavy atom. The Kier molecular flexibility index (Phi) is 18.4. The quantitative estimate of drug-likeness (QED) is 0.635. The standard InChI is InChI=1S/C10H15NO4.C6H12O2.CH4.HNS/c1-3-7(2)6-10(14)15-11-8(12)4-5-9(11)13;1-3-5(2)4-6(7)8;;1-2/h7H,3-6H2,1-2H3;5H,3-4H2,1-2H3,(H,7,8);1H4;1H. The number of hydrogen-bond donors (Lipinski definition) is 2. The number of nitrogens with one attached hydrogen (secondary N) is 1. The van der Waals surface area contributed by atoms with Crippen LogP contribution in [-0.4, -0.2) is 33.9 Å². The lowest BCUT2D eigenvalue weighted by Crippen LogP contribution is -2.32. The Labute approximate surface area is 161 Å². The highest BCUT2D eigenvalue weighted by atomic mass is 32.1. The van der Waals surface area contributed by atoms with E-state index >= 15 is 0 Å². The number of aliphatic carboxylic acids is 1. The van der Waals surface area contributed by atoms with E-state index in [1.165, 1.54) is 0 Å². The van der Waals surface area contributed by atoms with Crippen LogP contribution in [0.3, 0.4) is 0 Å². The van der Waals surface area contributed by atoms with Gasteiger partial charge in [0, 0.05) is 31.7 Å². The van der Waals surface area contributed by atoms with Gasteiger partial charge in [-0.05, 0) is 11.8 Å². The fourth-order valence-electron chi connectivity index (χ4n) is 1.67. The topological polar surface area (TPSA) is 125 Å². The summed E-state index contributed by atoms with van der Waals surface area (Å²) in [5, 5.41) is 8.80. The molecular formula is C17H32N2O6S. The molecular weight excluding hydrogens is 360 g/mol. The summed E-state index contributed by atoms with van der Waals surface area (Å²) in [5.41, 5.74) is 0. The van der Waals surface area contributed by atoms with Crippen molar-refractivity contribution >= 4 is 36.2 Å². The Morgan fingerprint density at radius 1 is 1.08 bits per heavy atom. The number of rotatable bonds is 7. The van der Waals surface area contributed by atoms with Crippen LogP contribution in [0.25, 0.3) is 0 Å². The molecule has 8 nitrogen and oxygen atoms in total. The molecule has 1 heterocycles. The average Bonchev–Trinajstić information content (AvgIpc) is 2.88. The molecule has 2 amide bonds. The smallest absolute Gasteiger partial charge is 0.333 e. The maximum atomic E-state index is 11.3. The van der Waals surface area contributed by atoms with Crippen molar-refractivity contribution in [1.29, 1.82) is 4.78 Å². The number of hydroxylamine groups is 2. The van der Waals surface area contributed by atoms with E-state index in [0.29, 0.717) is 17.4 Å². The molecule has 0 aromatic carbocycles. The monoisotopic (exact) mass is 392 g/mol. The Morgan fingerprint density at radius 3 is 1.77 bits per heavy atom. The highest BCUT2D eigenvalue weighted by Crippen LogP contribution is 2.14. The van der Waals surface area contributed by atoms with Crippen LogP contribution < -0.4 is 0 Å². The molecule has 9 heteroatoms. The molecule has 1 aliphatic heterocycles. The number of imide groups is 1. The lowest BCUT2D eigenvalue weighted by atomic mass is 10.1. The Bertz CT molecular complexity index is 443. The van der Waals surface area contributed by atoms with Gasteiger partial charge < -0.3 is 9.94 Å². The zero-order chi connectivity index (χ0) is 20.0. The minimum absolute atomic E-state index is 0. The van der Waals surface area contributed by atoms with Crippen LogP contribution in [0.15, 0.2) is 0 Å². The second-order valence-electron chi connectivity index (χ2n) is 5.87. The SMILES string of the molecule is C.CCC(C)CC(=O)O.CCC(C)CC(=O)ON1C(=O)CCC1=O.N=S. The van der Waals surface area contributed by atoms with Gasteiger partial charge in [-0.25, -0.2) is 9.57 Å². The molecule has 0 bridgehead atoms. The molecule has 1 aliphatic rings. The van der Waals surface area contributed by atoms with E-state index in [1.54, 1.807) is 0 Å². The number of carbonyl (C=O) groups excluding carboxylic acids is 3. The second-order valence-corrected chi connectivity index (χ2v) is 5.87. The molecule has 0 saturated carbocycles. The number of carboxylic acids is 1. The zero-order valence-corrected chi connectivity index (χ0v) is 16.1. The van der Waals surface area contributed by atoms with Crippen molar-refractivity contribution in [3.8, 4) is 0 Å². The highest BCUT2D eigenvalue weighted by Gasteiger charge is 2.32. The molecule has 0 radical (unpaired) electrons. The van der Waals surface area contributed by atoms with Crippen molar-refractivity contribution in [2.24, 2.45) is 11.8 Å². The van der Waals surface area contributed by atoms with Crippen LogP contribution in [0, 0.1) is 16.6 Å². The third-order valence-electron chi connectivity index (χ3n) is 3.63. The second kappa shape index (κ2) is 16.6. The van der Waals surface area contributed by atoms with Crippen molar-refractivity contribution in [1.82, 2.24) is 5.06 Å². The molecule has 0 aliphatic carbocycles. The van der Waals surface area contributed by atoms with Crippen molar-refractivity contribution in [3.63, 3.8) is 0 Å². The summed E-state index contributed by atoms with van der Waals surface area (Å²) in [4.78, 5) is 48.2. The van der Waals surface area contributed by atoms with E-state index in [1.807, 2.05) is 27.7 Å². The number of carboxylic acid groups (broad SMARTS) is 1. The molecule has 2 N–H and O–H groups in total. The molecule has 1 rings (SSSR count). The number of hydrogen-bond acceptors (Lipinski definition) is 7. The first-order chi connectivity index (χ1) is 11.7. The largest absolute Gasteiger partial charge is 0.481 e. The van der Waals surface area contributed by atoms with Gasteiger partial charge in [-0.1, -0.05) is 48.0 Å². The van der Waals surface area contributed by atoms with E-state index in [4.69, 9.17) is 14.7 Å². The molecule has 2 atom stereocenters. The lowest BCUT2D eigenvalue weighted by molar-refractivity contribution is -0.198. The molecule has 0 spiro atoms. The molecule has 0 aromatic rings. The van der Waals surface area contributed by atoms with Gasteiger partial charge in [-0.15, -0.1) is 5.06 Å². The minimum Gasteiger partial charge on any atom is -0.481 e. The van der Waals surface area contributed by atoms with E-state index < -0.39 is 23.8 Å². The highest BCUT2D eigenvalue weighted by molar-refractivity contribution is 7.45. The van der Waals surface area contributed by atoms with Gasteiger partial charge in [0.1, 0.15) is 0 Å². The first kappa shape index (κ1) is 28.9. The predicted octanol–water partition coefficient (Wildman–Crippen LogP) is 3.47. The average molecular weight is 393 g/mol. The van der Waals surface area contributed by atoms with Gasteiger partial charge in [0.15, 0.2) is 0 Å². The number of carbonyl (C=O) groups is 4. The Hall–Kier alpha value is -1.90. The van der Waals surface area contributed by atoms with Crippen LogP contribution >= 0.6 is 0 Å². The molecule has 2 unspecified atom stereocenters. The van der Waals surface area contributed by atoms with Gasteiger partial charge in [0.2, 0.25) is 0 Å². The summed E-state index contributed by atoms with van der Waals surface area (Å²) in [6.07, 6.45) is 2.61. The summed E-state index contributed by atoms with van der Waals surface area (Å²) >= 11 is 3.33. The third-order valence-corrected chi connectivity index (χ3v) is 3.63. The third kappa shape index (κ3) is 13.4. The fourth-order valence-corrected chi connectivity index (χ4v) is 1.67. The molecule has 26 heavy (non-hydrogen) atoms. The van der Waals surface area contributed by atoms with Gasteiger partial charge in [0.05, 0.1) is 6.42 Å². The van der Waals surface area contributed by atoms with E-state index in [9.17, 15) is 19.2 Å². The fraction of sp³-hybridized carbons (Fsp3) is 0.765. The van der Waals surface area contributed by atoms with Crippen molar-refractivity contribution in [3.05, 3.63) is 0 Å². The van der Waals surface area contributed by atoms with Crippen LogP contribution in [0.2, 0.25) is 0 Å². The van der Waals surface area contributed by atoms with Crippen LogP contribution in [-0.2, 0) is 36.4 Å². The Balaban J connectivity index is -0.000000413. The first-order valence-electron chi connectivity index (χ1n) is 8.19. The molecule has 152 valence electrons. The molecule has 0 aromatic heterocycles. The lowest BCUT2D eigenvalue weighted by Gasteiger charge is -2.14. The minimum atomic E-state index is -0.695. The van der Waals surface area contributed by atoms with Crippen LogP contribution in [0.5, 0.6) is 0 Å². The zero-order valence-electron chi connectivity index (χ0n) is 15.2. The predicted molar refractivity (Wildman–Crippen MR) is 99.8 cm³/mol. The molecule has 1 saturated heterocycles. The van der Waals surface area contributed by atoms with Crippen LogP contribution in [0.4, 0.5) is 0 Å². The van der Waals surface area contributed by atoms with Crippen molar-refractivity contribution < 1.29 is 29.1 Å². The maximum Gasteiger partial charge on any atom is 0.333 e. The summed E-state index contributed by atoms with van der Waals surface area (Å²) in [6.45, 7) is 7.81. The summed E-state index contributed by atoms with van der Waals surface area (Å²) in [5.74, 6) is -1.56. The molecule has 1 fully saturated rings. The van der Waals surface area contributed by atoms with Gasteiger partial charge in [-0.2, -0.15) is 0 Å². The first-order valence-corrected chi connectivity index (χ1v) is 8.60. The van der Waals surface area contributed by atoms with Crippen molar-refractivity contribution in [2.75, 3.05) is 0 Å². The van der Waals surface area contributed by atoms with Crippen LogP contribution in [0.1, 0.15) is 73.6 Å². The van der Waals surface area contributed by atoms with Gasteiger partial charge in [0.25, 0.3) is 11.8 Å². The van der Waals surface area contributed by atoms with Gasteiger partial charge in [-0.3, -0.25) is 14.4 Å². The number of nitrogens with zero attached hydrogens (tertiary/aromatic N) is 1. The summed E-state index contributed by atoms with van der Waals surface area (Å²) < 4.78 is 5.33.